The zero-order valence-electron chi connectivity index (χ0n) is 16.6. The molecule has 1 amide bonds. The Labute approximate surface area is 172 Å². The summed E-state index contributed by atoms with van der Waals surface area (Å²) in [5, 5.41) is 16.1. The predicted molar refractivity (Wildman–Crippen MR) is 110 cm³/mol. The van der Waals surface area contributed by atoms with Gasteiger partial charge in [-0.3, -0.25) is 9.48 Å². The molecule has 2 aromatic heterocycles. The van der Waals surface area contributed by atoms with E-state index < -0.39 is 5.82 Å². The number of ether oxygens (including phenoxy) is 1. The first kappa shape index (κ1) is 20.8. The van der Waals surface area contributed by atoms with Crippen LogP contribution in [0.2, 0.25) is 0 Å². The normalized spacial score (nSPS) is 10.9. The molecule has 2 heterocycles. The lowest BCUT2D eigenvalue weighted by atomic mass is 10.3. The molecule has 0 spiro atoms. The average Bonchev–Trinajstić information content (AvgIpc) is 3.31. The van der Waals surface area contributed by atoms with E-state index in [1.54, 1.807) is 16.8 Å². The third kappa shape index (κ3) is 4.76. The number of carbonyl (C=O) groups excluding carboxylic acids is 1. The molecule has 3 aromatic rings. The lowest BCUT2D eigenvalue weighted by Crippen LogP contribution is -2.15. The molecule has 0 saturated heterocycles. The van der Waals surface area contributed by atoms with E-state index in [0.29, 0.717) is 36.6 Å². The summed E-state index contributed by atoms with van der Waals surface area (Å²) >= 11 is 1.24. The van der Waals surface area contributed by atoms with Gasteiger partial charge in [-0.1, -0.05) is 23.9 Å². The fourth-order valence-electron chi connectivity index (χ4n) is 2.72. The molecular weight excluding hydrogens is 395 g/mol. The van der Waals surface area contributed by atoms with Gasteiger partial charge in [0.25, 0.3) is 0 Å². The first-order valence-corrected chi connectivity index (χ1v) is 10.4. The maximum absolute atomic E-state index is 13.7. The highest BCUT2D eigenvalue weighted by Gasteiger charge is 2.21. The van der Waals surface area contributed by atoms with Gasteiger partial charge in [-0.05, 0) is 32.9 Å². The van der Waals surface area contributed by atoms with Gasteiger partial charge >= 0.3 is 0 Å². The van der Waals surface area contributed by atoms with E-state index >= 15 is 0 Å². The predicted octanol–water partition coefficient (Wildman–Crippen LogP) is 3.45. The zero-order valence-corrected chi connectivity index (χ0v) is 17.4. The Morgan fingerprint density at radius 2 is 2.00 bits per heavy atom. The van der Waals surface area contributed by atoms with Gasteiger partial charge in [-0.15, -0.1) is 15.3 Å². The van der Waals surface area contributed by atoms with E-state index in [1.165, 1.54) is 23.9 Å². The Morgan fingerprint density at radius 3 is 2.69 bits per heavy atom. The minimum Gasteiger partial charge on any atom is -0.476 e. The van der Waals surface area contributed by atoms with Gasteiger partial charge in [0.05, 0.1) is 18.0 Å². The van der Waals surface area contributed by atoms with E-state index in [0.717, 1.165) is 5.56 Å². The van der Waals surface area contributed by atoms with E-state index in [4.69, 9.17) is 4.74 Å². The minimum atomic E-state index is -0.471. The number of benzene rings is 1. The molecule has 0 bridgehead atoms. The molecule has 1 N–H and O–H groups in total. The van der Waals surface area contributed by atoms with Crippen LogP contribution in [-0.4, -0.2) is 42.8 Å². The van der Waals surface area contributed by atoms with Gasteiger partial charge in [-0.25, -0.2) is 4.39 Å². The van der Waals surface area contributed by atoms with Crippen molar-refractivity contribution >= 4 is 23.4 Å². The standard InChI is InChI=1S/C19H23FN6O2S/c1-4-25-11-13(18(24-25)28-6-3)17-22-23-19(26(17)5-2)29-12-16(27)21-15-10-8-7-9-14(15)20/h7-11H,4-6,12H2,1-3H3,(H,21,27). The molecule has 0 aliphatic rings. The number of anilines is 1. The summed E-state index contributed by atoms with van der Waals surface area (Å²) in [7, 11) is 0. The summed E-state index contributed by atoms with van der Waals surface area (Å²) in [5.74, 6) is 0.430. The molecule has 0 fully saturated rings. The number of amides is 1. The molecule has 3 rings (SSSR count). The quantitative estimate of drug-likeness (QED) is 0.536. The highest BCUT2D eigenvalue weighted by atomic mass is 32.2. The molecule has 0 aliphatic carbocycles. The number of halogens is 1. The van der Waals surface area contributed by atoms with Crippen LogP contribution in [-0.2, 0) is 17.9 Å². The summed E-state index contributed by atoms with van der Waals surface area (Å²) in [6.07, 6.45) is 1.88. The van der Waals surface area contributed by atoms with Gasteiger partial charge in [-0.2, -0.15) is 0 Å². The molecule has 0 atom stereocenters. The summed E-state index contributed by atoms with van der Waals surface area (Å²) < 4.78 is 23.0. The lowest BCUT2D eigenvalue weighted by Gasteiger charge is -2.08. The van der Waals surface area contributed by atoms with Crippen molar-refractivity contribution in [3.63, 3.8) is 0 Å². The second kappa shape index (κ2) is 9.55. The van der Waals surface area contributed by atoms with E-state index in [-0.39, 0.29) is 17.3 Å². The number of aryl methyl sites for hydroxylation is 1. The number of para-hydroxylation sites is 1. The van der Waals surface area contributed by atoms with Crippen LogP contribution in [0, 0.1) is 5.82 Å². The van der Waals surface area contributed by atoms with Crippen LogP contribution < -0.4 is 10.1 Å². The first-order valence-electron chi connectivity index (χ1n) is 9.38. The Balaban J connectivity index is 1.75. The minimum absolute atomic E-state index is 0.0823. The number of nitrogens with one attached hydrogen (secondary N) is 1. The second-order valence-electron chi connectivity index (χ2n) is 6.00. The molecule has 0 radical (unpaired) electrons. The van der Waals surface area contributed by atoms with Gasteiger partial charge in [0.15, 0.2) is 11.0 Å². The van der Waals surface area contributed by atoms with Gasteiger partial charge < -0.3 is 14.6 Å². The number of hydrogen-bond donors (Lipinski definition) is 1. The molecule has 0 aliphatic heterocycles. The SMILES string of the molecule is CCOc1nn(CC)cc1-c1nnc(SCC(=O)Nc2ccccc2F)n1CC. The number of nitrogens with zero attached hydrogens (tertiary/aromatic N) is 5. The summed E-state index contributed by atoms with van der Waals surface area (Å²) in [5.41, 5.74) is 0.912. The topological polar surface area (TPSA) is 86.9 Å². The largest absolute Gasteiger partial charge is 0.476 e. The van der Waals surface area contributed by atoms with Crippen molar-refractivity contribution in [3.05, 3.63) is 36.3 Å². The summed E-state index contributed by atoms with van der Waals surface area (Å²) in [6, 6.07) is 6.06. The highest BCUT2D eigenvalue weighted by molar-refractivity contribution is 7.99. The third-order valence-electron chi connectivity index (χ3n) is 4.09. The van der Waals surface area contributed by atoms with Gasteiger partial charge in [0.1, 0.15) is 11.4 Å². The van der Waals surface area contributed by atoms with Crippen LogP contribution in [0.1, 0.15) is 20.8 Å². The summed E-state index contributed by atoms with van der Waals surface area (Å²) in [6.45, 7) is 7.68. The van der Waals surface area contributed by atoms with Crippen LogP contribution in [0.25, 0.3) is 11.4 Å². The maximum Gasteiger partial charge on any atom is 0.243 e. The monoisotopic (exact) mass is 418 g/mol. The number of rotatable bonds is 9. The van der Waals surface area contributed by atoms with Crippen LogP contribution in [0.3, 0.4) is 0 Å². The Bertz CT molecular complexity index is 987. The van der Waals surface area contributed by atoms with Crippen molar-refractivity contribution in [3.8, 4) is 17.3 Å². The van der Waals surface area contributed by atoms with Crippen molar-refractivity contribution in [1.82, 2.24) is 24.5 Å². The van der Waals surface area contributed by atoms with Crippen molar-refractivity contribution in [2.75, 3.05) is 17.7 Å². The number of thioether (sulfide) groups is 1. The fraction of sp³-hybridized carbons (Fsp3) is 0.368. The fourth-order valence-corrected chi connectivity index (χ4v) is 3.52. The third-order valence-corrected chi connectivity index (χ3v) is 5.05. The highest BCUT2D eigenvalue weighted by Crippen LogP contribution is 2.30. The second-order valence-corrected chi connectivity index (χ2v) is 6.95. The van der Waals surface area contributed by atoms with Crippen molar-refractivity contribution in [1.29, 1.82) is 0 Å². The van der Waals surface area contributed by atoms with Gasteiger partial charge in [0, 0.05) is 19.3 Å². The number of carbonyl (C=O) groups is 1. The molecule has 29 heavy (non-hydrogen) atoms. The Hall–Kier alpha value is -2.88. The molecular formula is C19H23FN6O2S. The van der Waals surface area contributed by atoms with E-state index in [9.17, 15) is 9.18 Å². The van der Waals surface area contributed by atoms with Crippen LogP contribution >= 0.6 is 11.8 Å². The number of hydrogen-bond acceptors (Lipinski definition) is 6. The zero-order chi connectivity index (χ0) is 20.8. The van der Waals surface area contributed by atoms with Crippen molar-refractivity contribution in [2.24, 2.45) is 0 Å². The number of aromatic nitrogens is 5. The average molecular weight is 418 g/mol. The lowest BCUT2D eigenvalue weighted by molar-refractivity contribution is -0.113. The van der Waals surface area contributed by atoms with Crippen LogP contribution in [0.15, 0.2) is 35.6 Å². The molecule has 8 nitrogen and oxygen atoms in total. The van der Waals surface area contributed by atoms with Crippen molar-refractivity contribution < 1.29 is 13.9 Å². The molecule has 1 aromatic carbocycles. The van der Waals surface area contributed by atoms with E-state index in [1.807, 2.05) is 31.5 Å². The molecule has 0 saturated carbocycles. The molecule has 154 valence electrons. The van der Waals surface area contributed by atoms with E-state index in [2.05, 4.69) is 20.6 Å². The molecule has 10 heteroatoms. The summed E-state index contributed by atoms with van der Waals surface area (Å²) in [4.78, 5) is 12.2. The first-order chi connectivity index (χ1) is 14.1. The van der Waals surface area contributed by atoms with Gasteiger partial charge in [0.2, 0.25) is 11.8 Å². The smallest absolute Gasteiger partial charge is 0.243 e. The Kier molecular flexibility index (Phi) is 6.86. The van der Waals surface area contributed by atoms with Crippen LogP contribution in [0.5, 0.6) is 5.88 Å². The maximum atomic E-state index is 13.7. The van der Waals surface area contributed by atoms with Crippen LogP contribution in [0.4, 0.5) is 10.1 Å². The van der Waals surface area contributed by atoms with Crippen molar-refractivity contribution in [2.45, 2.75) is 39.0 Å². The Morgan fingerprint density at radius 1 is 1.21 bits per heavy atom. The molecule has 0 unspecified atom stereocenters.